The van der Waals surface area contributed by atoms with E-state index in [0.717, 1.165) is 32.1 Å². The molecule has 0 unspecified atom stereocenters. The molecule has 1 amide bonds. The van der Waals surface area contributed by atoms with Crippen LogP contribution in [0.5, 0.6) is 0 Å². The minimum atomic E-state index is -1.82. The van der Waals surface area contributed by atoms with E-state index < -0.39 is 111 Å². The third-order valence-electron chi connectivity index (χ3n) is 8.22. The standard InChI is InChI=1S/C28H51NO15/c1-4-5-6-7-8-9-10-39-26-17(29-14(3)32)25(44-28-23(38)21(36)19(34)15(11-30)41-28)24(16(12-31)42-26)43-27-22(37)20(35)18(33)13(2)40-27/h13,15-28,30-31,33-38H,4-12H2,1-3H3,(H,29,32)/t13-,15+,16+,17+,18+,19-,20+,21-,22-,23+,24+,25+,26+,27-,28-/m0/s1. The van der Waals surface area contributed by atoms with Crippen LogP contribution < -0.4 is 5.32 Å². The van der Waals surface area contributed by atoms with Crippen molar-refractivity contribution in [3.05, 3.63) is 0 Å². The first-order valence-corrected chi connectivity index (χ1v) is 15.4. The molecule has 15 atom stereocenters. The summed E-state index contributed by atoms with van der Waals surface area (Å²) in [6.45, 7) is 3.64. The Morgan fingerprint density at radius 3 is 1.84 bits per heavy atom. The van der Waals surface area contributed by atoms with E-state index in [4.69, 9.17) is 28.4 Å². The molecule has 0 spiro atoms. The highest BCUT2D eigenvalue weighted by molar-refractivity contribution is 5.73. The average molecular weight is 642 g/mol. The van der Waals surface area contributed by atoms with E-state index in [2.05, 4.69) is 12.2 Å². The van der Waals surface area contributed by atoms with Crippen LogP contribution in [0, 0.1) is 0 Å². The molecule has 0 aromatic rings. The van der Waals surface area contributed by atoms with Crippen molar-refractivity contribution in [2.24, 2.45) is 0 Å². The van der Waals surface area contributed by atoms with Gasteiger partial charge in [-0.15, -0.1) is 0 Å². The van der Waals surface area contributed by atoms with Crippen molar-refractivity contribution in [3.63, 3.8) is 0 Å². The van der Waals surface area contributed by atoms with Gasteiger partial charge in [-0.25, -0.2) is 0 Å². The van der Waals surface area contributed by atoms with Gasteiger partial charge in [-0.05, 0) is 13.3 Å². The van der Waals surface area contributed by atoms with Crippen LogP contribution in [-0.4, -0.2) is 159 Å². The minimum Gasteiger partial charge on any atom is -0.394 e. The molecular formula is C28H51NO15. The highest BCUT2D eigenvalue weighted by Gasteiger charge is 2.54. The molecule has 3 aliphatic rings. The van der Waals surface area contributed by atoms with Crippen LogP contribution in [0.1, 0.15) is 59.3 Å². The lowest BCUT2D eigenvalue weighted by Crippen LogP contribution is -2.69. The van der Waals surface area contributed by atoms with E-state index in [1.807, 2.05) is 0 Å². The molecule has 0 saturated carbocycles. The maximum atomic E-state index is 12.4. The number of hydrogen-bond acceptors (Lipinski definition) is 15. The normalized spacial score (nSPS) is 43.1. The van der Waals surface area contributed by atoms with Gasteiger partial charge in [0.05, 0.1) is 19.3 Å². The number of aliphatic hydroxyl groups is 8. The molecule has 3 heterocycles. The Labute approximate surface area is 256 Å². The van der Waals surface area contributed by atoms with Gasteiger partial charge in [0.2, 0.25) is 5.91 Å². The van der Waals surface area contributed by atoms with Gasteiger partial charge in [-0.1, -0.05) is 39.0 Å². The van der Waals surface area contributed by atoms with Crippen molar-refractivity contribution in [2.75, 3.05) is 19.8 Å². The second-order valence-corrected chi connectivity index (χ2v) is 11.7. The maximum Gasteiger partial charge on any atom is 0.217 e. The van der Waals surface area contributed by atoms with Gasteiger partial charge in [0.1, 0.15) is 67.1 Å². The molecule has 258 valence electrons. The summed E-state index contributed by atoms with van der Waals surface area (Å²) in [5.41, 5.74) is 0. The quantitative estimate of drug-likeness (QED) is 0.0808. The zero-order valence-corrected chi connectivity index (χ0v) is 25.5. The second kappa shape index (κ2) is 17.7. The van der Waals surface area contributed by atoms with E-state index >= 15 is 0 Å². The van der Waals surface area contributed by atoms with Gasteiger partial charge in [0, 0.05) is 13.5 Å². The topological polar surface area (TPSA) is 246 Å². The summed E-state index contributed by atoms with van der Waals surface area (Å²) in [6.07, 6.45) is -14.9. The lowest BCUT2D eigenvalue weighted by Gasteiger charge is -2.50. The number of nitrogens with one attached hydrogen (secondary N) is 1. The van der Waals surface area contributed by atoms with Crippen molar-refractivity contribution in [1.82, 2.24) is 5.32 Å². The fraction of sp³-hybridized carbons (Fsp3) is 0.964. The van der Waals surface area contributed by atoms with Gasteiger partial charge in [0.25, 0.3) is 0 Å². The van der Waals surface area contributed by atoms with Crippen LogP contribution in [0.4, 0.5) is 0 Å². The largest absolute Gasteiger partial charge is 0.394 e. The lowest BCUT2D eigenvalue weighted by molar-refractivity contribution is -0.373. The Balaban J connectivity index is 1.90. The fourth-order valence-corrected chi connectivity index (χ4v) is 5.60. The molecule has 0 aliphatic carbocycles. The molecule has 9 N–H and O–H groups in total. The van der Waals surface area contributed by atoms with Gasteiger partial charge in [-0.3, -0.25) is 4.79 Å². The first-order chi connectivity index (χ1) is 20.9. The summed E-state index contributed by atoms with van der Waals surface area (Å²) >= 11 is 0. The van der Waals surface area contributed by atoms with Crippen LogP contribution in [0.25, 0.3) is 0 Å². The number of amides is 1. The number of ether oxygens (including phenoxy) is 6. The minimum absolute atomic E-state index is 0.232. The van der Waals surface area contributed by atoms with Crippen molar-refractivity contribution in [1.29, 1.82) is 0 Å². The van der Waals surface area contributed by atoms with Gasteiger partial charge < -0.3 is 74.6 Å². The van der Waals surface area contributed by atoms with Crippen LogP contribution in [-0.2, 0) is 33.2 Å². The zero-order valence-electron chi connectivity index (χ0n) is 25.5. The molecule has 3 aliphatic heterocycles. The molecule has 0 aromatic heterocycles. The van der Waals surface area contributed by atoms with Crippen LogP contribution >= 0.6 is 0 Å². The molecule has 16 heteroatoms. The predicted molar refractivity (Wildman–Crippen MR) is 149 cm³/mol. The van der Waals surface area contributed by atoms with E-state index in [9.17, 15) is 45.6 Å². The van der Waals surface area contributed by atoms with E-state index in [1.165, 1.54) is 13.8 Å². The Hall–Kier alpha value is -1.09. The smallest absolute Gasteiger partial charge is 0.217 e. The molecular weight excluding hydrogens is 590 g/mol. The number of carbonyl (C=O) groups is 1. The third kappa shape index (κ3) is 9.25. The fourth-order valence-electron chi connectivity index (χ4n) is 5.60. The Morgan fingerprint density at radius 2 is 1.23 bits per heavy atom. The molecule has 16 nitrogen and oxygen atoms in total. The van der Waals surface area contributed by atoms with Crippen LogP contribution in [0.15, 0.2) is 0 Å². The second-order valence-electron chi connectivity index (χ2n) is 11.7. The van der Waals surface area contributed by atoms with Gasteiger partial charge >= 0.3 is 0 Å². The SMILES string of the molecule is CCCCCCCCO[C@@H]1O[C@H](CO)[C@@H](O[C@@H]2O[C@@H](C)[C@@H](O)[C@@H](O)[C@@H]2O)[C@H](O[C@@H]2O[C@H](CO)[C@H](O)[C@H](O)[C@H]2O)[C@H]1NC(C)=O. The molecule has 44 heavy (non-hydrogen) atoms. The van der Waals surface area contributed by atoms with Gasteiger partial charge in [0.15, 0.2) is 18.9 Å². The summed E-state index contributed by atoms with van der Waals surface area (Å²) in [4.78, 5) is 12.4. The highest BCUT2D eigenvalue weighted by Crippen LogP contribution is 2.34. The summed E-state index contributed by atoms with van der Waals surface area (Å²) < 4.78 is 35.2. The Kier molecular flexibility index (Phi) is 15.1. The summed E-state index contributed by atoms with van der Waals surface area (Å²) in [7, 11) is 0. The zero-order chi connectivity index (χ0) is 32.6. The highest BCUT2D eigenvalue weighted by atomic mass is 16.8. The lowest BCUT2D eigenvalue weighted by atomic mass is 9.94. The monoisotopic (exact) mass is 641 g/mol. The first-order valence-electron chi connectivity index (χ1n) is 15.4. The predicted octanol–water partition coefficient (Wildman–Crippen LogP) is -3.02. The first kappa shape index (κ1) is 37.4. The molecule has 0 aromatic carbocycles. The third-order valence-corrected chi connectivity index (χ3v) is 8.22. The Morgan fingerprint density at radius 1 is 0.682 bits per heavy atom. The van der Waals surface area contributed by atoms with Crippen molar-refractivity contribution in [3.8, 4) is 0 Å². The summed E-state index contributed by atoms with van der Waals surface area (Å²) in [5, 5.41) is 85.1. The molecule has 3 fully saturated rings. The maximum absolute atomic E-state index is 12.4. The molecule has 3 rings (SSSR count). The van der Waals surface area contributed by atoms with Crippen LogP contribution in [0.3, 0.4) is 0 Å². The number of aliphatic hydroxyl groups excluding tert-OH is 8. The van der Waals surface area contributed by atoms with Crippen molar-refractivity contribution < 1.29 is 74.1 Å². The van der Waals surface area contributed by atoms with Crippen LogP contribution in [0.2, 0.25) is 0 Å². The number of carbonyl (C=O) groups excluding carboxylic acids is 1. The molecule has 0 radical (unpaired) electrons. The van der Waals surface area contributed by atoms with E-state index in [0.29, 0.717) is 6.42 Å². The van der Waals surface area contributed by atoms with E-state index in [1.54, 1.807) is 0 Å². The average Bonchev–Trinajstić information content (AvgIpc) is 3.00. The molecule has 3 saturated heterocycles. The van der Waals surface area contributed by atoms with Crippen molar-refractivity contribution >= 4 is 5.91 Å². The number of hydrogen-bond donors (Lipinski definition) is 9. The summed E-state index contributed by atoms with van der Waals surface area (Å²) in [6, 6.07) is -1.18. The Bertz CT molecular complexity index is 854. The van der Waals surface area contributed by atoms with E-state index in [-0.39, 0.29) is 6.61 Å². The number of unbranched alkanes of at least 4 members (excludes halogenated alkanes) is 5. The molecule has 0 bridgehead atoms. The number of rotatable bonds is 15. The van der Waals surface area contributed by atoms with Crippen molar-refractivity contribution in [2.45, 2.75) is 151 Å². The van der Waals surface area contributed by atoms with Gasteiger partial charge in [-0.2, -0.15) is 0 Å². The summed E-state index contributed by atoms with van der Waals surface area (Å²) in [5.74, 6) is -0.531.